The number of likely N-dealkylation sites (N-methyl/N-ethyl adjacent to an activating group) is 1. The number of halogens is 2. The van der Waals surface area contributed by atoms with Gasteiger partial charge in [-0.25, -0.2) is 8.78 Å². The van der Waals surface area contributed by atoms with Gasteiger partial charge in [-0.1, -0.05) is 25.1 Å². The highest BCUT2D eigenvalue weighted by molar-refractivity contribution is 5.63. The lowest BCUT2D eigenvalue weighted by Crippen LogP contribution is -2.59. The van der Waals surface area contributed by atoms with Crippen molar-refractivity contribution in [1.82, 2.24) is 10.2 Å². The van der Waals surface area contributed by atoms with E-state index in [-0.39, 0.29) is 22.6 Å². The van der Waals surface area contributed by atoms with Crippen molar-refractivity contribution in [3.05, 3.63) is 81.0 Å². The molecule has 0 saturated carbocycles. The third kappa shape index (κ3) is 4.20. The second kappa shape index (κ2) is 8.06. The molecule has 5 nitrogen and oxygen atoms in total. The summed E-state index contributed by atoms with van der Waals surface area (Å²) in [4.78, 5) is 12.7. The highest BCUT2D eigenvalue weighted by atomic mass is 19.1. The van der Waals surface area contributed by atoms with Crippen LogP contribution in [0.15, 0.2) is 48.2 Å². The fraction of sp³-hybridized carbons (Fsp3) is 0.333. The van der Waals surface area contributed by atoms with Crippen LogP contribution in [0.25, 0.3) is 6.08 Å². The van der Waals surface area contributed by atoms with Gasteiger partial charge in [-0.05, 0) is 42.7 Å². The van der Waals surface area contributed by atoms with E-state index in [1.165, 1.54) is 36.4 Å². The maximum atomic E-state index is 14.2. The maximum absolute atomic E-state index is 14.2. The zero-order valence-electron chi connectivity index (χ0n) is 15.9. The van der Waals surface area contributed by atoms with Crippen LogP contribution in [0.2, 0.25) is 0 Å². The second-order valence-corrected chi connectivity index (χ2v) is 7.21. The van der Waals surface area contributed by atoms with Gasteiger partial charge in [0.2, 0.25) is 0 Å². The zero-order valence-corrected chi connectivity index (χ0v) is 15.9. The van der Waals surface area contributed by atoms with Crippen molar-refractivity contribution in [3.8, 4) is 0 Å². The topological polar surface area (TPSA) is 58.4 Å². The number of nitrogens with one attached hydrogen (secondary N) is 1. The van der Waals surface area contributed by atoms with Gasteiger partial charge in [-0.15, -0.1) is 0 Å². The molecule has 0 bridgehead atoms. The molecule has 1 atom stereocenters. The number of rotatable bonds is 5. The van der Waals surface area contributed by atoms with E-state index in [9.17, 15) is 18.9 Å². The first kappa shape index (κ1) is 19.9. The Morgan fingerprint density at radius 1 is 1.25 bits per heavy atom. The maximum Gasteiger partial charge on any atom is 0.279 e. The molecule has 0 spiro atoms. The van der Waals surface area contributed by atoms with Crippen molar-refractivity contribution >= 4 is 11.8 Å². The number of nitro groups is 1. The first-order valence-electron chi connectivity index (χ1n) is 9.17. The minimum Gasteiger partial charge on any atom is -0.375 e. The monoisotopic (exact) mass is 387 g/mol. The van der Waals surface area contributed by atoms with Gasteiger partial charge in [0.05, 0.1) is 10.5 Å². The molecule has 1 aliphatic heterocycles. The van der Waals surface area contributed by atoms with Gasteiger partial charge in [-0.2, -0.15) is 0 Å². The highest BCUT2D eigenvalue weighted by Crippen LogP contribution is 2.29. The molecule has 1 N–H and O–H groups in total. The van der Waals surface area contributed by atoms with Crippen LogP contribution in [0.5, 0.6) is 0 Å². The molecule has 1 fully saturated rings. The lowest BCUT2D eigenvalue weighted by molar-refractivity contribution is -0.385. The summed E-state index contributed by atoms with van der Waals surface area (Å²) in [5.74, 6) is -0.881. The van der Waals surface area contributed by atoms with Crippen LogP contribution in [0.4, 0.5) is 14.5 Å². The normalized spacial score (nSPS) is 21.1. The van der Waals surface area contributed by atoms with E-state index >= 15 is 0 Å². The van der Waals surface area contributed by atoms with Crippen molar-refractivity contribution in [2.24, 2.45) is 0 Å². The van der Waals surface area contributed by atoms with Gasteiger partial charge in [-0.3, -0.25) is 10.1 Å². The lowest BCUT2D eigenvalue weighted by Gasteiger charge is -2.44. The molecular formula is C21H23F2N3O2. The summed E-state index contributed by atoms with van der Waals surface area (Å²) in [7, 11) is 1.90. The minimum atomic E-state index is -0.617. The molecule has 1 saturated heterocycles. The summed E-state index contributed by atoms with van der Waals surface area (Å²) >= 11 is 0. The number of piperazine rings is 1. The van der Waals surface area contributed by atoms with Gasteiger partial charge in [0.25, 0.3) is 5.69 Å². The second-order valence-electron chi connectivity index (χ2n) is 7.21. The first-order valence-corrected chi connectivity index (χ1v) is 9.17. The standard InChI is InChI=1S/C21H23F2N3O2/c1-3-21(12-15-7-9-16(22)10-8-15)14-25(2)17(13-24-21)11-18-19(23)5-4-6-20(18)26(27)28/h4-11,24H,3,12-14H2,1-2H3. The van der Waals surface area contributed by atoms with Crippen LogP contribution in [-0.4, -0.2) is 35.5 Å². The van der Waals surface area contributed by atoms with E-state index in [0.717, 1.165) is 24.1 Å². The average Bonchev–Trinajstić information content (AvgIpc) is 2.67. The molecule has 0 aliphatic carbocycles. The quantitative estimate of drug-likeness (QED) is 0.619. The molecule has 2 aromatic rings. The van der Waals surface area contributed by atoms with Crippen LogP contribution in [0.1, 0.15) is 24.5 Å². The van der Waals surface area contributed by atoms with Crippen molar-refractivity contribution in [2.75, 3.05) is 20.1 Å². The van der Waals surface area contributed by atoms with E-state index in [1.807, 2.05) is 11.9 Å². The minimum absolute atomic E-state index is 0.0151. The summed E-state index contributed by atoms with van der Waals surface area (Å²) in [6.07, 6.45) is 3.11. The predicted octanol–water partition coefficient (Wildman–Crippen LogP) is 4.14. The molecular weight excluding hydrogens is 364 g/mol. The average molecular weight is 387 g/mol. The number of benzene rings is 2. The van der Waals surface area contributed by atoms with E-state index in [0.29, 0.717) is 13.1 Å². The third-order valence-electron chi connectivity index (χ3n) is 5.34. The Kier molecular flexibility index (Phi) is 5.74. The number of hydrogen-bond acceptors (Lipinski definition) is 4. The number of nitro benzene ring substituents is 1. The zero-order chi connectivity index (χ0) is 20.3. The molecule has 2 aromatic carbocycles. The molecule has 28 heavy (non-hydrogen) atoms. The van der Waals surface area contributed by atoms with Crippen LogP contribution >= 0.6 is 0 Å². The molecule has 0 radical (unpaired) electrons. The molecule has 1 heterocycles. The van der Waals surface area contributed by atoms with Crippen molar-refractivity contribution in [2.45, 2.75) is 25.3 Å². The summed E-state index contributed by atoms with van der Waals surface area (Å²) in [6.45, 7) is 3.19. The SMILES string of the molecule is CCC1(Cc2ccc(F)cc2)CN(C)C(=Cc2c(F)cccc2[N+](=O)[O-])CN1. The van der Waals surface area contributed by atoms with Crippen molar-refractivity contribution in [3.63, 3.8) is 0 Å². The van der Waals surface area contributed by atoms with Crippen LogP contribution in [-0.2, 0) is 6.42 Å². The Hall–Kier alpha value is -2.80. The first-order chi connectivity index (χ1) is 13.3. The van der Waals surface area contributed by atoms with Crippen LogP contribution in [0.3, 0.4) is 0 Å². The van der Waals surface area contributed by atoms with E-state index in [2.05, 4.69) is 12.2 Å². The summed E-state index contributed by atoms with van der Waals surface area (Å²) in [5.41, 5.74) is 1.32. The molecule has 0 aromatic heterocycles. The van der Waals surface area contributed by atoms with Gasteiger partial charge < -0.3 is 10.2 Å². The van der Waals surface area contributed by atoms with E-state index < -0.39 is 10.7 Å². The van der Waals surface area contributed by atoms with Crippen LogP contribution < -0.4 is 5.32 Å². The van der Waals surface area contributed by atoms with Gasteiger partial charge >= 0.3 is 0 Å². The summed E-state index contributed by atoms with van der Waals surface area (Å²) in [6, 6.07) is 10.3. The Bertz CT molecular complexity index is 899. The molecule has 3 rings (SSSR count). The molecule has 0 amide bonds. The van der Waals surface area contributed by atoms with E-state index in [1.54, 1.807) is 12.1 Å². The Balaban J connectivity index is 1.84. The van der Waals surface area contributed by atoms with Gasteiger partial charge in [0, 0.05) is 37.4 Å². The van der Waals surface area contributed by atoms with Crippen molar-refractivity contribution in [1.29, 1.82) is 0 Å². The Labute approximate surface area is 162 Å². The predicted molar refractivity (Wildman–Crippen MR) is 105 cm³/mol. The van der Waals surface area contributed by atoms with Gasteiger partial charge in [0.15, 0.2) is 0 Å². The molecule has 1 aliphatic rings. The fourth-order valence-electron chi connectivity index (χ4n) is 3.65. The smallest absolute Gasteiger partial charge is 0.279 e. The molecule has 148 valence electrons. The number of nitrogens with zero attached hydrogens (tertiary/aromatic N) is 2. The van der Waals surface area contributed by atoms with Crippen molar-refractivity contribution < 1.29 is 13.7 Å². The third-order valence-corrected chi connectivity index (χ3v) is 5.34. The number of hydrogen-bond donors (Lipinski definition) is 1. The lowest BCUT2D eigenvalue weighted by atomic mass is 9.85. The fourth-order valence-corrected chi connectivity index (χ4v) is 3.65. The Morgan fingerprint density at radius 3 is 2.57 bits per heavy atom. The van der Waals surface area contributed by atoms with Crippen LogP contribution in [0, 0.1) is 21.7 Å². The summed E-state index contributed by atoms with van der Waals surface area (Å²) < 4.78 is 27.4. The summed E-state index contributed by atoms with van der Waals surface area (Å²) in [5, 5.41) is 14.7. The highest BCUT2D eigenvalue weighted by Gasteiger charge is 2.34. The molecule has 7 heteroatoms. The van der Waals surface area contributed by atoms with Gasteiger partial charge in [0.1, 0.15) is 11.6 Å². The largest absolute Gasteiger partial charge is 0.375 e. The molecule has 1 unspecified atom stereocenters. The Morgan fingerprint density at radius 2 is 1.96 bits per heavy atom. The van der Waals surface area contributed by atoms with E-state index in [4.69, 9.17) is 0 Å².